The predicted octanol–water partition coefficient (Wildman–Crippen LogP) is 5.13. The first-order valence-electron chi connectivity index (χ1n) is 11.8. The Balaban J connectivity index is 1.44. The molecule has 4 aromatic rings. The second-order valence-electron chi connectivity index (χ2n) is 8.79. The first kappa shape index (κ1) is 25.9. The number of benzene rings is 3. The molecule has 1 aliphatic carbocycles. The quantitative estimate of drug-likeness (QED) is 0.309. The van der Waals surface area contributed by atoms with Gasteiger partial charge in [-0.2, -0.15) is 4.31 Å². The van der Waals surface area contributed by atoms with Crippen molar-refractivity contribution in [2.24, 2.45) is 0 Å². The number of nitrogens with one attached hydrogen (secondary N) is 1. The molecule has 0 spiro atoms. The van der Waals surface area contributed by atoms with Gasteiger partial charge in [0.25, 0.3) is 0 Å². The summed E-state index contributed by atoms with van der Waals surface area (Å²) in [6.07, 6.45) is 3.04. The lowest BCUT2D eigenvalue weighted by molar-refractivity contribution is -0.116. The topological polar surface area (TPSA) is 93.5 Å². The van der Waals surface area contributed by atoms with E-state index in [4.69, 9.17) is 16.3 Å². The summed E-state index contributed by atoms with van der Waals surface area (Å²) < 4.78 is 48.5. The smallest absolute Gasteiger partial charge is 0.243 e. The lowest BCUT2D eigenvalue weighted by Gasteiger charge is -2.21. The van der Waals surface area contributed by atoms with E-state index in [0.717, 1.165) is 5.56 Å². The fourth-order valence-corrected chi connectivity index (χ4v) is 5.83. The summed E-state index contributed by atoms with van der Waals surface area (Å²) in [5.74, 6) is -0.461. The predicted molar refractivity (Wildman–Crippen MR) is 143 cm³/mol. The molecule has 1 heterocycles. The minimum absolute atomic E-state index is 0.0758. The van der Waals surface area contributed by atoms with Crippen LogP contribution in [0.4, 0.5) is 10.3 Å². The number of carbonyl (C=O) groups excluding carboxylic acids is 1. The molecule has 1 aromatic heterocycles. The Morgan fingerprint density at radius 3 is 2.47 bits per heavy atom. The van der Waals surface area contributed by atoms with Crippen molar-refractivity contribution < 1.29 is 22.3 Å². The zero-order chi connectivity index (χ0) is 26.9. The summed E-state index contributed by atoms with van der Waals surface area (Å²) in [5.41, 5.74) is 1.84. The highest BCUT2D eigenvalue weighted by atomic mass is 35.5. The van der Waals surface area contributed by atoms with E-state index in [0.29, 0.717) is 30.0 Å². The Labute approximate surface area is 224 Å². The van der Waals surface area contributed by atoms with Gasteiger partial charge in [0, 0.05) is 17.8 Å². The maximum atomic E-state index is 13.8. The van der Waals surface area contributed by atoms with Crippen LogP contribution in [0.3, 0.4) is 0 Å². The number of halogens is 2. The molecule has 0 bridgehead atoms. The third kappa shape index (κ3) is 5.42. The van der Waals surface area contributed by atoms with Gasteiger partial charge in [-0.3, -0.25) is 14.7 Å². The number of ether oxygens (including phenoxy) is 1. The minimum Gasteiger partial charge on any atom is -0.497 e. The van der Waals surface area contributed by atoms with E-state index in [1.807, 2.05) is 30.3 Å². The molecule has 5 rings (SSSR count). The van der Waals surface area contributed by atoms with Crippen molar-refractivity contribution in [3.05, 3.63) is 89.8 Å². The molecule has 196 valence electrons. The van der Waals surface area contributed by atoms with Crippen LogP contribution in [-0.2, 0) is 14.8 Å². The molecule has 0 saturated heterocycles. The molecule has 0 unspecified atom stereocenters. The maximum Gasteiger partial charge on any atom is 0.243 e. The van der Waals surface area contributed by atoms with Gasteiger partial charge in [0.2, 0.25) is 21.9 Å². The zero-order valence-corrected chi connectivity index (χ0v) is 21.9. The first-order valence-corrected chi connectivity index (χ1v) is 13.6. The van der Waals surface area contributed by atoms with E-state index >= 15 is 0 Å². The van der Waals surface area contributed by atoms with Crippen LogP contribution in [0.15, 0.2) is 83.9 Å². The SMILES string of the molecule is COc1ccc(S(=O)(=O)N(CC(=O)Nc2nc(-c3ccccc3)cn2-c2ccc(F)c(Cl)c2)C2CC2)cc1. The molecule has 0 radical (unpaired) electrons. The molecule has 1 fully saturated rings. The Bertz CT molecular complexity index is 1570. The maximum absolute atomic E-state index is 13.8. The van der Waals surface area contributed by atoms with Gasteiger partial charge < -0.3 is 4.74 Å². The third-order valence-electron chi connectivity index (χ3n) is 6.13. The highest BCUT2D eigenvalue weighted by Crippen LogP contribution is 2.33. The molecule has 1 amide bonds. The van der Waals surface area contributed by atoms with Gasteiger partial charge in [-0.25, -0.2) is 17.8 Å². The number of methoxy groups -OCH3 is 1. The molecule has 1 saturated carbocycles. The summed E-state index contributed by atoms with van der Waals surface area (Å²) in [7, 11) is -2.43. The normalized spacial score (nSPS) is 13.5. The van der Waals surface area contributed by atoms with Crippen LogP contribution in [0.25, 0.3) is 16.9 Å². The average molecular weight is 555 g/mol. The minimum atomic E-state index is -3.93. The second-order valence-corrected chi connectivity index (χ2v) is 11.1. The monoisotopic (exact) mass is 554 g/mol. The molecule has 1 aliphatic rings. The van der Waals surface area contributed by atoms with Crippen LogP contribution in [-0.4, -0.2) is 47.9 Å². The van der Waals surface area contributed by atoms with E-state index in [2.05, 4.69) is 10.3 Å². The third-order valence-corrected chi connectivity index (χ3v) is 8.33. The molecule has 0 aliphatic heterocycles. The number of carbonyl (C=O) groups is 1. The Kier molecular flexibility index (Phi) is 7.20. The van der Waals surface area contributed by atoms with Crippen molar-refractivity contribution >= 4 is 33.5 Å². The van der Waals surface area contributed by atoms with E-state index < -0.39 is 28.3 Å². The van der Waals surface area contributed by atoms with Crippen molar-refractivity contribution in [3.63, 3.8) is 0 Å². The molecule has 8 nitrogen and oxygen atoms in total. The number of nitrogens with zero attached hydrogens (tertiary/aromatic N) is 3. The molecule has 3 aromatic carbocycles. The van der Waals surface area contributed by atoms with Gasteiger partial charge in [0.15, 0.2) is 0 Å². The van der Waals surface area contributed by atoms with E-state index in [9.17, 15) is 17.6 Å². The van der Waals surface area contributed by atoms with Crippen molar-refractivity contribution in [2.75, 3.05) is 19.0 Å². The fourth-order valence-electron chi connectivity index (χ4n) is 4.01. The van der Waals surface area contributed by atoms with Crippen molar-refractivity contribution in [2.45, 2.75) is 23.8 Å². The van der Waals surface area contributed by atoms with Crippen LogP contribution >= 0.6 is 11.6 Å². The van der Waals surface area contributed by atoms with Gasteiger partial charge >= 0.3 is 0 Å². The summed E-state index contributed by atoms with van der Waals surface area (Å²) in [6.45, 7) is -0.392. The van der Waals surface area contributed by atoms with Gasteiger partial charge in [-0.05, 0) is 55.3 Å². The summed E-state index contributed by atoms with van der Waals surface area (Å²) >= 11 is 6.01. The van der Waals surface area contributed by atoms with Crippen LogP contribution in [0, 0.1) is 5.82 Å². The van der Waals surface area contributed by atoms with Crippen molar-refractivity contribution in [1.29, 1.82) is 0 Å². The van der Waals surface area contributed by atoms with Crippen molar-refractivity contribution in [1.82, 2.24) is 13.9 Å². The molecule has 38 heavy (non-hydrogen) atoms. The summed E-state index contributed by atoms with van der Waals surface area (Å²) in [4.78, 5) is 17.9. The molecular formula is C27H24ClFN4O4S. The Morgan fingerprint density at radius 1 is 1.13 bits per heavy atom. The second kappa shape index (κ2) is 10.6. The first-order chi connectivity index (χ1) is 18.3. The number of aromatic nitrogens is 2. The number of anilines is 1. The number of sulfonamides is 1. The van der Waals surface area contributed by atoms with Crippen LogP contribution in [0.2, 0.25) is 5.02 Å². The number of rotatable bonds is 9. The molecule has 0 atom stereocenters. The van der Waals surface area contributed by atoms with Crippen LogP contribution in [0.1, 0.15) is 12.8 Å². The van der Waals surface area contributed by atoms with Gasteiger partial charge in [0.05, 0.1) is 35.0 Å². The van der Waals surface area contributed by atoms with Crippen molar-refractivity contribution in [3.8, 4) is 22.7 Å². The number of amides is 1. The highest BCUT2D eigenvalue weighted by Gasteiger charge is 2.39. The summed E-state index contributed by atoms with van der Waals surface area (Å²) in [6, 6.07) is 19.3. The standard InChI is InChI=1S/C27H24ClFN4O4S/c1-37-21-10-12-22(13-11-21)38(35,36)33(19-7-8-19)17-26(34)31-27-30-25(18-5-3-2-4-6-18)16-32(27)20-9-14-24(29)23(28)15-20/h2-6,9-16,19H,7-8,17H2,1H3,(H,30,31,34). The van der Waals surface area contributed by atoms with Gasteiger partial charge in [0.1, 0.15) is 11.6 Å². The fraction of sp³-hybridized carbons (Fsp3) is 0.185. The van der Waals surface area contributed by atoms with E-state index in [1.165, 1.54) is 41.7 Å². The number of hydrogen-bond acceptors (Lipinski definition) is 5. The van der Waals surface area contributed by atoms with Crippen LogP contribution < -0.4 is 10.1 Å². The van der Waals surface area contributed by atoms with Gasteiger partial charge in [-0.1, -0.05) is 41.9 Å². The van der Waals surface area contributed by atoms with E-state index in [-0.39, 0.29) is 21.9 Å². The Morgan fingerprint density at radius 2 is 1.84 bits per heavy atom. The molecule has 11 heteroatoms. The number of imidazole rings is 1. The lowest BCUT2D eigenvalue weighted by Crippen LogP contribution is -2.39. The molecular weight excluding hydrogens is 531 g/mol. The summed E-state index contributed by atoms with van der Waals surface area (Å²) in [5, 5.41) is 2.66. The highest BCUT2D eigenvalue weighted by molar-refractivity contribution is 7.89. The number of hydrogen-bond donors (Lipinski definition) is 1. The average Bonchev–Trinajstić information content (AvgIpc) is 3.68. The Hall–Kier alpha value is -3.73. The van der Waals surface area contributed by atoms with Crippen LogP contribution in [0.5, 0.6) is 5.75 Å². The van der Waals surface area contributed by atoms with Gasteiger partial charge in [-0.15, -0.1) is 0 Å². The zero-order valence-electron chi connectivity index (χ0n) is 20.3. The van der Waals surface area contributed by atoms with E-state index in [1.54, 1.807) is 22.9 Å². The lowest BCUT2D eigenvalue weighted by atomic mass is 10.2. The molecule has 1 N–H and O–H groups in total. The largest absolute Gasteiger partial charge is 0.497 e.